The van der Waals surface area contributed by atoms with Crippen molar-refractivity contribution in [1.29, 1.82) is 0 Å². The minimum atomic E-state index is -0.541. The molecule has 0 heterocycles. The molecule has 0 bridgehead atoms. The largest absolute Gasteiger partial charge is 0.463 e. The molecule has 5 heteroatoms. The van der Waals surface area contributed by atoms with Crippen LogP contribution in [0.25, 0.3) is 0 Å². The van der Waals surface area contributed by atoms with Crippen LogP contribution in [0.1, 0.15) is 13.8 Å². The van der Waals surface area contributed by atoms with E-state index in [-0.39, 0.29) is 0 Å². The summed E-state index contributed by atoms with van der Waals surface area (Å²) in [5, 5.41) is 0. The summed E-state index contributed by atoms with van der Waals surface area (Å²) in [6.45, 7) is 4.00. The molecule has 0 aliphatic heterocycles. The number of esters is 2. The summed E-state index contributed by atoms with van der Waals surface area (Å²) in [5.74, 6) is -1.03. The molecule has 0 fully saturated rings. The standard InChI is InChI=1S/C9H13NO4/c1-3-13-8(11)5-6-10-7-9(12)14-4-2/h5-7H,3-4H2,1-2H3/b6-5+,10-7?. The lowest BCUT2D eigenvalue weighted by Gasteiger charge is -1.93. The quantitative estimate of drug-likeness (QED) is 0.371. The molecule has 0 N–H and O–H groups in total. The molecule has 14 heavy (non-hydrogen) atoms. The Morgan fingerprint density at radius 2 is 1.71 bits per heavy atom. The average Bonchev–Trinajstić information content (AvgIpc) is 2.13. The summed E-state index contributed by atoms with van der Waals surface area (Å²) in [6.07, 6.45) is 3.29. The Morgan fingerprint density at radius 1 is 1.14 bits per heavy atom. The highest BCUT2D eigenvalue weighted by molar-refractivity contribution is 6.23. The Bertz CT molecular complexity index is 219. The third-order valence-electron chi connectivity index (χ3n) is 1.05. The van der Waals surface area contributed by atoms with Crippen molar-refractivity contribution in [2.75, 3.05) is 13.2 Å². The minimum Gasteiger partial charge on any atom is -0.463 e. The van der Waals surface area contributed by atoms with Crippen LogP contribution in [0.2, 0.25) is 0 Å². The molecule has 0 aromatic heterocycles. The van der Waals surface area contributed by atoms with Gasteiger partial charge in [0, 0.05) is 12.3 Å². The van der Waals surface area contributed by atoms with Crippen molar-refractivity contribution >= 4 is 18.2 Å². The van der Waals surface area contributed by atoms with E-state index in [0.717, 1.165) is 12.3 Å². The lowest BCUT2D eigenvalue weighted by Crippen LogP contribution is -2.04. The van der Waals surface area contributed by atoms with E-state index in [1.807, 2.05) is 0 Å². The lowest BCUT2D eigenvalue weighted by molar-refractivity contribution is -0.137. The average molecular weight is 199 g/mol. The first-order chi connectivity index (χ1) is 6.70. The normalized spacial score (nSPS) is 10.7. The summed E-state index contributed by atoms with van der Waals surface area (Å²) in [4.78, 5) is 24.9. The molecule has 0 unspecified atom stereocenters. The van der Waals surface area contributed by atoms with Crippen molar-refractivity contribution in [3.63, 3.8) is 0 Å². The highest BCUT2D eigenvalue weighted by Crippen LogP contribution is 1.82. The van der Waals surface area contributed by atoms with Gasteiger partial charge in [-0.05, 0) is 13.8 Å². The number of aliphatic imine (C=N–C) groups is 1. The molecule has 0 aromatic carbocycles. The summed E-state index contributed by atoms with van der Waals surface area (Å²) >= 11 is 0. The van der Waals surface area contributed by atoms with Crippen LogP contribution >= 0.6 is 0 Å². The number of hydrogen-bond donors (Lipinski definition) is 0. The van der Waals surface area contributed by atoms with Gasteiger partial charge in [0.2, 0.25) is 0 Å². The van der Waals surface area contributed by atoms with Gasteiger partial charge in [-0.1, -0.05) is 0 Å². The van der Waals surface area contributed by atoms with E-state index in [1.165, 1.54) is 6.20 Å². The van der Waals surface area contributed by atoms with E-state index in [2.05, 4.69) is 14.5 Å². The second-order valence-corrected chi connectivity index (χ2v) is 2.10. The topological polar surface area (TPSA) is 65.0 Å². The molecule has 0 saturated heterocycles. The second kappa shape index (κ2) is 7.97. The van der Waals surface area contributed by atoms with Crippen molar-refractivity contribution in [2.24, 2.45) is 4.99 Å². The van der Waals surface area contributed by atoms with Crippen LogP contribution in [0.3, 0.4) is 0 Å². The maximum atomic E-state index is 10.7. The molecule has 0 aliphatic rings. The highest BCUT2D eigenvalue weighted by Gasteiger charge is 1.93. The van der Waals surface area contributed by atoms with Gasteiger partial charge in [-0.2, -0.15) is 0 Å². The Hall–Kier alpha value is -1.65. The van der Waals surface area contributed by atoms with Crippen molar-refractivity contribution in [2.45, 2.75) is 13.8 Å². The zero-order valence-electron chi connectivity index (χ0n) is 8.23. The third kappa shape index (κ3) is 7.02. The second-order valence-electron chi connectivity index (χ2n) is 2.10. The van der Waals surface area contributed by atoms with Crippen LogP contribution < -0.4 is 0 Å². The molecule has 0 radical (unpaired) electrons. The molecule has 0 spiro atoms. The van der Waals surface area contributed by atoms with E-state index in [9.17, 15) is 9.59 Å². The van der Waals surface area contributed by atoms with Crippen LogP contribution in [0.15, 0.2) is 17.3 Å². The van der Waals surface area contributed by atoms with Gasteiger partial charge in [0.1, 0.15) is 6.21 Å². The number of nitrogens with zero attached hydrogens (tertiary/aromatic N) is 1. The fraction of sp³-hybridized carbons (Fsp3) is 0.444. The Balaban J connectivity index is 3.80. The van der Waals surface area contributed by atoms with E-state index >= 15 is 0 Å². The first kappa shape index (κ1) is 12.3. The zero-order chi connectivity index (χ0) is 10.8. The van der Waals surface area contributed by atoms with Crippen molar-refractivity contribution in [3.8, 4) is 0 Å². The predicted molar refractivity (Wildman–Crippen MR) is 50.9 cm³/mol. The molecular formula is C9H13NO4. The summed E-state index contributed by atoms with van der Waals surface area (Å²) in [5.41, 5.74) is 0. The van der Waals surface area contributed by atoms with Crippen LogP contribution in [0.5, 0.6) is 0 Å². The Kier molecular flexibility index (Phi) is 7.03. The van der Waals surface area contributed by atoms with Gasteiger partial charge in [-0.25, -0.2) is 9.59 Å². The van der Waals surface area contributed by atoms with E-state index in [1.54, 1.807) is 13.8 Å². The lowest BCUT2D eigenvalue weighted by atomic mass is 10.6. The van der Waals surface area contributed by atoms with Crippen molar-refractivity contribution in [3.05, 3.63) is 12.3 Å². The molecule has 5 nitrogen and oxygen atoms in total. The molecule has 0 saturated carbocycles. The number of carbonyl (C=O) groups is 2. The van der Waals surface area contributed by atoms with E-state index < -0.39 is 11.9 Å². The van der Waals surface area contributed by atoms with Gasteiger partial charge in [0.25, 0.3) is 0 Å². The molecular weight excluding hydrogens is 186 g/mol. The zero-order valence-corrected chi connectivity index (χ0v) is 8.23. The monoisotopic (exact) mass is 199 g/mol. The van der Waals surface area contributed by atoms with Crippen molar-refractivity contribution in [1.82, 2.24) is 0 Å². The SMILES string of the molecule is CCOC(=O)C=N/C=C/C(=O)OCC. The summed E-state index contributed by atoms with van der Waals surface area (Å²) < 4.78 is 9.14. The Labute approximate surface area is 82.4 Å². The van der Waals surface area contributed by atoms with Crippen LogP contribution in [0.4, 0.5) is 0 Å². The Morgan fingerprint density at radius 3 is 2.29 bits per heavy atom. The number of rotatable bonds is 5. The smallest absolute Gasteiger partial charge is 0.349 e. The fourth-order valence-corrected chi connectivity index (χ4v) is 0.578. The van der Waals surface area contributed by atoms with Gasteiger partial charge in [-0.3, -0.25) is 4.99 Å². The van der Waals surface area contributed by atoms with Crippen LogP contribution in [-0.2, 0) is 19.1 Å². The summed E-state index contributed by atoms with van der Waals surface area (Å²) in [7, 11) is 0. The van der Waals surface area contributed by atoms with Crippen molar-refractivity contribution < 1.29 is 19.1 Å². The van der Waals surface area contributed by atoms with Gasteiger partial charge in [0.15, 0.2) is 0 Å². The number of carbonyl (C=O) groups excluding carboxylic acids is 2. The molecule has 0 rings (SSSR count). The maximum absolute atomic E-state index is 10.7. The minimum absolute atomic E-state index is 0.298. The van der Waals surface area contributed by atoms with Crippen LogP contribution in [-0.4, -0.2) is 31.4 Å². The maximum Gasteiger partial charge on any atom is 0.349 e. The first-order valence-corrected chi connectivity index (χ1v) is 4.24. The number of ether oxygens (including phenoxy) is 2. The summed E-state index contributed by atoms with van der Waals surface area (Å²) in [6, 6.07) is 0. The molecule has 0 aliphatic carbocycles. The van der Waals surface area contributed by atoms with E-state index in [4.69, 9.17) is 0 Å². The third-order valence-corrected chi connectivity index (χ3v) is 1.05. The van der Waals surface area contributed by atoms with Gasteiger partial charge in [0.05, 0.1) is 13.2 Å². The molecule has 0 amide bonds. The highest BCUT2D eigenvalue weighted by atomic mass is 16.5. The number of hydrogen-bond acceptors (Lipinski definition) is 5. The molecule has 0 atom stereocenters. The molecule has 0 aromatic rings. The van der Waals surface area contributed by atoms with Crippen LogP contribution in [0, 0.1) is 0 Å². The fourth-order valence-electron chi connectivity index (χ4n) is 0.578. The first-order valence-electron chi connectivity index (χ1n) is 4.24. The van der Waals surface area contributed by atoms with Gasteiger partial charge < -0.3 is 9.47 Å². The van der Waals surface area contributed by atoms with Gasteiger partial charge >= 0.3 is 11.9 Å². The van der Waals surface area contributed by atoms with E-state index in [0.29, 0.717) is 13.2 Å². The predicted octanol–water partition coefficient (Wildman–Crippen LogP) is 0.697. The van der Waals surface area contributed by atoms with Gasteiger partial charge in [-0.15, -0.1) is 0 Å². The molecule has 78 valence electrons.